The molecule has 13 heteroatoms. The van der Waals surface area contributed by atoms with E-state index in [4.69, 9.17) is 18.9 Å². The number of carbonyl (C=O) groups excluding carboxylic acids is 1. The molecule has 0 bridgehead atoms. The molecule has 1 saturated heterocycles. The number of aliphatic hydroxyl groups is 3. The summed E-state index contributed by atoms with van der Waals surface area (Å²) in [6.07, 6.45) is 51.1. The largest absolute Gasteiger partial charge is 0.457 e. The van der Waals surface area contributed by atoms with Gasteiger partial charge < -0.3 is 34.3 Å². The van der Waals surface area contributed by atoms with Crippen LogP contribution in [0.3, 0.4) is 0 Å². The molecule has 6 unspecified atom stereocenters. The Morgan fingerprint density at radius 1 is 0.565 bits per heavy atom. The Bertz CT molecular complexity index is 1430. The number of carbonyl (C=O) groups is 1. The monoisotopic (exact) mass is 997 g/mol. The van der Waals surface area contributed by atoms with Crippen molar-refractivity contribution in [2.75, 3.05) is 26.4 Å². The first-order valence-corrected chi connectivity index (χ1v) is 28.9. The summed E-state index contributed by atoms with van der Waals surface area (Å²) in [7, 11) is -5.07. The van der Waals surface area contributed by atoms with Crippen LogP contribution in [-0.4, -0.2) is 97.5 Å². The molecular formula is C56H100O12S. The van der Waals surface area contributed by atoms with Gasteiger partial charge in [0.2, 0.25) is 0 Å². The molecule has 0 amide bonds. The number of unbranched alkanes of at least 4 members (excludes halogenated alkanes) is 25. The van der Waals surface area contributed by atoms with Crippen LogP contribution in [0, 0.1) is 0 Å². The van der Waals surface area contributed by atoms with Crippen LogP contribution in [0.4, 0.5) is 0 Å². The van der Waals surface area contributed by atoms with Gasteiger partial charge in [-0.2, -0.15) is 8.42 Å². The summed E-state index contributed by atoms with van der Waals surface area (Å²) in [6.45, 7) is 3.89. The summed E-state index contributed by atoms with van der Waals surface area (Å²) in [5, 5.41) is 30.8. The lowest BCUT2D eigenvalue weighted by molar-refractivity contribution is -0.301. The fraction of sp³-hybridized carbons (Fsp3) is 0.804. The first-order chi connectivity index (χ1) is 33.6. The Labute approximate surface area is 420 Å². The van der Waals surface area contributed by atoms with Crippen molar-refractivity contribution >= 4 is 16.4 Å². The van der Waals surface area contributed by atoms with Crippen LogP contribution in [0.5, 0.6) is 0 Å². The van der Waals surface area contributed by atoms with Gasteiger partial charge in [0.1, 0.15) is 30.5 Å². The highest BCUT2D eigenvalue weighted by Gasteiger charge is 2.48. The maximum Gasteiger partial charge on any atom is 0.397 e. The van der Waals surface area contributed by atoms with E-state index in [-0.39, 0.29) is 19.6 Å². The highest BCUT2D eigenvalue weighted by molar-refractivity contribution is 7.80. The lowest BCUT2D eigenvalue weighted by Gasteiger charge is -2.41. The van der Waals surface area contributed by atoms with Gasteiger partial charge in [-0.3, -0.25) is 9.35 Å². The smallest absolute Gasteiger partial charge is 0.397 e. The van der Waals surface area contributed by atoms with Gasteiger partial charge in [-0.15, -0.1) is 0 Å². The van der Waals surface area contributed by atoms with Crippen LogP contribution in [0.1, 0.15) is 226 Å². The van der Waals surface area contributed by atoms with Gasteiger partial charge in [0.05, 0.1) is 19.8 Å². The van der Waals surface area contributed by atoms with Crippen molar-refractivity contribution in [3.8, 4) is 0 Å². The van der Waals surface area contributed by atoms with Gasteiger partial charge in [0.15, 0.2) is 6.29 Å². The molecule has 0 radical (unpaired) electrons. The predicted molar refractivity (Wildman–Crippen MR) is 280 cm³/mol. The van der Waals surface area contributed by atoms with Gasteiger partial charge in [-0.1, -0.05) is 203 Å². The highest BCUT2D eigenvalue weighted by atomic mass is 32.3. The van der Waals surface area contributed by atoms with Crippen molar-refractivity contribution in [3.05, 3.63) is 60.8 Å². The maximum absolute atomic E-state index is 12.9. The minimum atomic E-state index is -5.07. The molecule has 1 aliphatic rings. The van der Waals surface area contributed by atoms with E-state index >= 15 is 0 Å². The number of hydrogen-bond donors (Lipinski definition) is 4. The second kappa shape index (κ2) is 46.8. The van der Waals surface area contributed by atoms with Gasteiger partial charge in [0, 0.05) is 13.0 Å². The molecule has 12 nitrogen and oxygen atoms in total. The lowest BCUT2D eigenvalue weighted by Crippen LogP contribution is -2.60. The molecule has 0 saturated carbocycles. The van der Waals surface area contributed by atoms with Crippen LogP contribution in [0.2, 0.25) is 0 Å². The number of hydrogen-bond acceptors (Lipinski definition) is 11. The Balaban J connectivity index is 2.32. The Morgan fingerprint density at radius 3 is 1.48 bits per heavy atom. The van der Waals surface area contributed by atoms with E-state index in [1.165, 1.54) is 122 Å². The van der Waals surface area contributed by atoms with Crippen LogP contribution >= 0.6 is 0 Å². The highest BCUT2D eigenvalue weighted by Crippen LogP contribution is 2.26. The molecule has 0 aromatic rings. The normalized spacial score (nSPS) is 19.7. The molecule has 0 aromatic heterocycles. The summed E-state index contributed by atoms with van der Waals surface area (Å²) in [6, 6.07) is 0. The topological polar surface area (TPSA) is 178 Å². The Kier molecular flexibility index (Phi) is 44.0. The third-order valence-corrected chi connectivity index (χ3v) is 12.8. The minimum Gasteiger partial charge on any atom is -0.457 e. The number of rotatable bonds is 48. The standard InChI is InChI=1S/C56H100O12S/c1-3-5-7-9-11-13-15-17-19-21-23-24-25-26-27-28-30-32-34-36-38-40-42-44-46-64-48-50(49-65-56-54(60)55(68-69(61,62)63)53(59)51(47-57)67-56)66-52(58)45-43-41-39-37-35-33-31-29-22-20-18-16-14-12-10-8-6-4-2/h5,7,11,13,17,19-20,22-24,50-51,53-57,59-60H,3-4,6,8-10,12,14-16,18,21,25-49H2,1-2H3,(H,61,62,63)/b7-5-,13-11-,19-17-,22-20-,24-23-. The Morgan fingerprint density at radius 2 is 1.00 bits per heavy atom. The number of aliphatic hydroxyl groups excluding tert-OH is 3. The summed E-state index contributed by atoms with van der Waals surface area (Å²) < 4.78 is 59.4. The average Bonchev–Trinajstić information content (AvgIpc) is 3.32. The third kappa shape index (κ3) is 40.0. The van der Waals surface area contributed by atoms with E-state index in [9.17, 15) is 33.1 Å². The molecule has 69 heavy (non-hydrogen) atoms. The summed E-state index contributed by atoms with van der Waals surface area (Å²) >= 11 is 0. The third-order valence-electron chi connectivity index (χ3n) is 12.4. The molecule has 1 fully saturated rings. The lowest BCUT2D eigenvalue weighted by atomic mass is 9.99. The summed E-state index contributed by atoms with van der Waals surface area (Å²) in [4.78, 5) is 12.9. The number of ether oxygens (including phenoxy) is 4. The number of esters is 1. The van der Waals surface area contributed by atoms with Crippen molar-refractivity contribution in [1.82, 2.24) is 0 Å². The van der Waals surface area contributed by atoms with Gasteiger partial charge in [-0.25, -0.2) is 4.18 Å². The maximum atomic E-state index is 12.9. The van der Waals surface area contributed by atoms with E-state index in [1.807, 2.05) is 0 Å². The van der Waals surface area contributed by atoms with E-state index in [0.717, 1.165) is 77.0 Å². The molecule has 1 aliphatic heterocycles. The van der Waals surface area contributed by atoms with Crippen LogP contribution in [-0.2, 0) is 38.3 Å². The average molecular weight is 997 g/mol. The Hall–Kier alpha value is -2.20. The van der Waals surface area contributed by atoms with Crippen molar-refractivity contribution < 1.29 is 56.2 Å². The number of allylic oxidation sites excluding steroid dienone is 10. The first-order valence-electron chi connectivity index (χ1n) is 27.5. The molecule has 1 heterocycles. The van der Waals surface area contributed by atoms with Crippen molar-refractivity contribution in [3.63, 3.8) is 0 Å². The molecular weight excluding hydrogens is 897 g/mol. The van der Waals surface area contributed by atoms with Crippen molar-refractivity contribution in [2.24, 2.45) is 0 Å². The quantitative estimate of drug-likeness (QED) is 0.0197. The van der Waals surface area contributed by atoms with Crippen LogP contribution in [0.25, 0.3) is 0 Å². The second-order valence-electron chi connectivity index (χ2n) is 18.8. The SMILES string of the molecule is CC/C=C\C/C=C\C/C=C\C/C=C\CCCCCCCCCCCCCOCC(COC1OC(CO)C(O)C(OS(=O)(=O)O)C1O)OC(=O)CCCCCCCCC/C=C\CCCCCCCCC. The molecule has 6 atom stereocenters. The van der Waals surface area contributed by atoms with Gasteiger partial charge in [-0.05, 0) is 77.0 Å². The fourth-order valence-electron chi connectivity index (χ4n) is 8.25. The fourth-order valence-corrected chi connectivity index (χ4v) is 8.76. The summed E-state index contributed by atoms with van der Waals surface area (Å²) in [5.41, 5.74) is 0. The van der Waals surface area contributed by atoms with E-state index in [1.54, 1.807) is 0 Å². The van der Waals surface area contributed by atoms with E-state index in [2.05, 4.69) is 78.8 Å². The zero-order valence-electron chi connectivity index (χ0n) is 43.4. The molecule has 0 aliphatic carbocycles. The van der Waals surface area contributed by atoms with Crippen LogP contribution < -0.4 is 0 Å². The zero-order chi connectivity index (χ0) is 50.3. The minimum absolute atomic E-state index is 0.0311. The first kappa shape index (κ1) is 64.8. The predicted octanol–water partition coefficient (Wildman–Crippen LogP) is 13.3. The van der Waals surface area contributed by atoms with Crippen LogP contribution in [0.15, 0.2) is 60.8 Å². The van der Waals surface area contributed by atoms with Gasteiger partial charge in [0.25, 0.3) is 0 Å². The zero-order valence-corrected chi connectivity index (χ0v) is 44.2. The van der Waals surface area contributed by atoms with Crippen molar-refractivity contribution in [1.29, 1.82) is 0 Å². The van der Waals surface area contributed by atoms with Crippen molar-refractivity contribution in [2.45, 2.75) is 263 Å². The second-order valence-corrected chi connectivity index (χ2v) is 19.8. The van der Waals surface area contributed by atoms with Gasteiger partial charge >= 0.3 is 16.4 Å². The molecule has 0 spiro atoms. The molecule has 4 N–H and O–H groups in total. The van der Waals surface area contributed by atoms with E-state index in [0.29, 0.717) is 13.0 Å². The molecule has 1 rings (SSSR count). The molecule has 402 valence electrons. The summed E-state index contributed by atoms with van der Waals surface area (Å²) in [5.74, 6) is -0.404. The molecule has 0 aromatic carbocycles. The van der Waals surface area contributed by atoms with E-state index < -0.39 is 59.8 Å².